The molecule has 2 heterocycles. The molecule has 0 saturated carbocycles. The largest absolute Gasteiger partial charge is 0.328 e. The first-order chi connectivity index (χ1) is 8.56. The van der Waals surface area contributed by atoms with Gasteiger partial charge in [-0.2, -0.15) is 0 Å². The molecule has 1 N–H and O–H groups in total. The van der Waals surface area contributed by atoms with Gasteiger partial charge in [-0.15, -0.1) is 0 Å². The van der Waals surface area contributed by atoms with E-state index in [4.69, 9.17) is 11.6 Å². The van der Waals surface area contributed by atoms with Crippen LogP contribution in [0.5, 0.6) is 0 Å². The van der Waals surface area contributed by atoms with Crippen molar-refractivity contribution in [3.05, 3.63) is 32.1 Å². The quantitative estimate of drug-likeness (QED) is 0.801. The van der Waals surface area contributed by atoms with E-state index in [0.29, 0.717) is 6.54 Å². The molecule has 0 unspecified atom stereocenters. The highest BCUT2D eigenvalue weighted by atomic mass is 35.5. The van der Waals surface area contributed by atoms with Gasteiger partial charge >= 0.3 is 5.69 Å². The van der Waals surface area contributed by atoms with Crippen LogP contribution in [0.15, 0.2) is 15.8 Å². The SMILES string of the molecule is CN1CCN(CCn2cc(Cl)c(=O)[nH]c2=O)CC1. The van der Waals surface area contributed by atoms with Crippen LogP contribution in [0.4, 0.5) is 0 Å². The lowest BCUT2D eigenvalue weighted by Gasteiger charge is -2.32. The number of rotatable bonds is 3. The summed E-state index contributed by atoms with van der Waals surface area (Å²) in [6.07, 6.45) is 1.40. The molecular formula is C11H17ClN4O2. The predicted molar refractivity (Wildman–Crippen MR) is 70.3 cm³/mol. The lowest BCUT2D eigenvalue weighted by atomic mass is 10.3. The van der Waals surface area contributed by atoms with Crippen molar-refractivity contribution < 1.29 is 0 Å². The first-order valence-electron chi connectivity index (χ1n) is 5.96. The summed E-state index contributed by atoms with van der Waals surface area (Å²) >= 11 is 5.70. The van der Waals surface area contributed by atoms with E-state index >= 15 is 0 Å². The second kappa shape index (κ2) is 5.69. The van der Waals surface area contributed by atoms with Crippen molar-refractivity contribution in [2.75, 3.05) is 39.8 Å². The number of hydrogen-bond acceptors (Lipinski definition) is 4. The number of aromatic nitrogens is 2. The summed E-state index contributed by atoms with van der Waals surface area (Å²) in [6.45, 7) is 5.42. The fraction of sp³-hybridized carbons (Fsp3) is 0.636. The Morgan fingerprint density at radius 3 is 2.56 bits per heavy atom. The maximum atomic E-state index is 11.5. The van der Waals surface area contributed by atoms with Crippen molar-refractivity contribution in [3.63, 3.8) is 0 Å². The second-order valence-electron chi connectivity index (χ2n) is 4.57. The van der Waals surface area contributed by atoms with Crippen LogP contribution in [0.2, 0.25) is 5.02 Å². The van der Waals surface area contributed by atoms with Crippen molar-refractivity contribution in [1.82, 2.24) is 19.4 Å². The molecule has 1 aliphatic rings. The Morgan fingerprint density at radius 1 is 1.22 bits per heavy atom. The van der Waals surface area contributed by atoms with Gasteiger partial charge in [-0.05, 0) is 7.05 Å². The van der Waals surface area contributed by atoms with E-state index in [9.17, 15) is 9.59 Å². The van der Waals surface area contributed by atoms with Crippen LogP contribution in [-0.2, 0) is 6.54 Å². The third kappa shape index (κ3) is 3.22. The van der Waals surface area contributed by atoms with E-state index in [-0.39, 0.29) is 5.02 Å². The van der Waals surface area contributed by atoms with Crippen LogP contribution in [0.1, 0.15) is 0 Å². The maximum absolute atomic E-state index is 11.5. The topological polar surface area (TPSA) is 61.3 Å². The van der Waals surface area contributed by atoms with E-state index in [0.717, 1.165) is 32.7 Å². The average Bonchev–Trinajstić information content (AvgIpc) is 2.34. The average molecular weight is 273 g/mol. The molecule has 1 aromatic heterocycles. The Kier molecular flexibility index (Phi) is 4.21. The lowest BCUT2D eigenvalue weighted by molar-refractivity contribution is 0.149. The van der Waals surface area contributed by atoms with Gasteiger partial charge in [0, 0.05) is 45.5 Å². The predicted octanol–water partition coefficient (Wildman–Crippen LogP) is -0.563. The summed E-state index contributed by atoms with van der Waals surface area (Å²) < 4.78 is 1.45. The normalized spacial score (nSPS) is 18.1. The van der Waals surface area contributed by atoms with Crippen LogP contribution < -0.4 is 11.2 Å². The monoisotopic (exact) mass is 272 g/mol. The molecule has 6 nitrogen and oxygen atoms in total. The molecule has 18 heavy (non-hydrogen) atoms. The summed E-state index contributed by atoms with van der Waals surface area (Å²) in [4.78, 5) is 29.4. The molecule has 1 aliphatic heterocycles. The molecule has 0 spiro atoms. The van der Waals surface area contributed by atoms with Gasteiger partial charge in [0.25, 0.3) is 5.56 Å². The second-order valence-corrected chi connectivity index (χ2v) is 4.98. The molecule has 1 fully saturated rings. The van der Waals surface area contributed by atoms with Crippen molar-refractivity contribution in [2.45, 2.75) is 6.54 Å². The van der Waals surface area contributed by atoms with Crippen LogP contribution in [-0.4, -0.2) is 59.1 Å². The van der Waals surface area contributed by atoms with Gasteiger partial charge in [0.1, 0.15) is 5.02 Å². The minimum atomic E-state index is -0.530. The first kappa shape index (κ1) is 13.3. The molecule has 1 aromatic rings. The Bertz CT molecular complexity index is 517. The van der Waals surface area contributed by atoms with Crippen molar-refractivity contribution >= 4 is 11.6 Å². The zero-order chi connectivity index (χ0) is 13.1. The number of hydrogen-bond donors (Lipinski definition) is 1. The molecular weight excluding hydrogens is 256 g/mol. The standard InChI is InChI=1S/C11H17ClN4O2/c1-14-2-4-15(5-3-14)6-7-16-8-9(12)10(17)13-11(16)18/h8H,2-7H2,1H3,(H,13,17,18). The molecule has 100 valence electrons. The molecule has 7 heteroatoms. The summed E-state index contributed by atoms with van der Waals surface area (Å²) in [5, 5.41) is 0.0491. The third-order valence-electron chi connectivity index (χ3n) is 3.22. The van der Waals surface area contributed by atoms with Crippen molar-refractivity contribution in [1.29, 1.82) is 0 Å². The van der Waals surface area contributed by atoms with E-state index in [1.165, 1.54) is 10.8 Å². The number of piperazine rings is 1. The lowest BCUT2D eigenvalue weighted by Crippen LogP contribution is -2.46. The number of aromatic amines is 1. The minimum absolute atomic E-state index is 0.0491. The highest BCUT2D eigenvalue weighted by Crippen LogP contribution is 2.00. The molecule has 0 aromatic carbocycles. The fourth-order valence-electron chi connectivity index (χ4n) is 1.97. The highest BCUT2D eigenvalue weighted by Gasteiger charge is 2.13. The molecule has 0 bridgehead atoms. The van der Waals surface area contributed by atoms with Crippen LogP contribution in [0.3, 0.4) is 0 Å². The minimum Gasteiger partial charge on any atom is -0.304 e. The van der Waals surface area contributed by atoms with Gasteiger partial charge < -0.3 is 4.90 Å². The number of nitrogens with one attached hydrogen (secondary N) is 1. The van der Waals surface area contributed by atoms with Gasteiger partial charge in [0.05, 0.1) is 0 Å². The van der Waals surface area contributed by atoms with E-state index in [1.807, 2.05) is 0 Å². The maximum Gasteiger partial charge on any atom is 0.328 e. The molecule has 0 atom stereocenters. The summed E-state index contributed by atoms with van der Waals surface area (Å²) in [6, 6.07) is 0. The molecule has 0 radical (unpaired) electrons. The van der Waals surface area contributed by atoms with Gasteiger partial charge in [-0.3, -0.25) is 19.2 Å². The number of H-pyrrole nitrogens is 1. The smallest absolute Gasteiger partial charge is 0.304 e. The summed E-state index contributed by atoms with van der Waals surface area (Å²) in [5.41, 5.74) is -0.934. The van der Waals surface area contributed by atoms with Crippen LogP contribution >= 0.6 is 11.6 Å². The number of halogens is 1. The van der Waals surface area contributed by atoms with E-state index in [2.05, 4.69) is 21.8 Å². The Labute approximate surface area is 110 Å². The van der Waals surface area contributed by atoms with Crippen molar-refractivity contribution in [2.24, 2.45) is 0 Å². The first-order valence-corrected chi connectivity index (χ1v) is 6.34. The van der Waals surface area contributed by atoms with Gasteiger partial charge in [-0.25, -0.2) is 4.79 Å². The summed E-state index contributed by atoms with van der Waals surface area (Å²) in [5.74, 6) is 0. The Morgan fingerprint density at radius 2 is 1.89 bits per heavy atom. The van der Waals surface area contributed by atoms with Gasteiger partial charge in [0.2, 0.25) is 0 Å². The zero-order valence-corrected chi connectivity index (χ0v) is 11.1. The van der Waals surface area contributed by atoms with Crippen LogP contribution in [0, 0.1) is 0 Å². The van der Waals surface area contributed by atoms with Crippen LogP contribution in [0.25, 0.3) is 0 Å². The zero-order valence-electron chi connectivity index (χ0n) is 10.4. The van der Waals surface area contributed by atoms with Crippen molar-refractivity contribution in [3.8, 4) is 0 Å². The molecule has 0 amide bonds. The third-order valence-corrected chi connectivity index (χ3v) is 3.49. The molecule has 2 rings (SSSR count). The Hall–Kier alpha value is -1.11. The fourth-order valence-corrected chi connectivity index (χ4v) is 2.13. The number of likely N-dealkylation sites (N-methyl/N-ethyl adjacent to an activating group) is 1. The highest BCUT2D eigenvalue weighted by molar-refractivity contribution is 6.30. The molecule has 1 saturated heterocycles. The summed E-state index contributed by atoms with van der Waals surface area (Å²) in [7, 11) is 2.10. The number of nitrogens with zero attached hydrogens (tertiary/aromatic N) is 3. The molecule has 0 aliphatic carbocycles. The van der Waals surface area contributed by atoms with Gasteiger partial charge in [0.15, 0.2) is 0 Å². The van der Waals surface area contributed by atoms with Gasteiger partial charge in [-0.1, -0.05) is 11.6 Å². The van der Waals surface area contributed by atoms with E-state index in [1.54, 1.807) is 0 Å². The Balaban J connectivity index is 1.96. The van der Waals surface area contributed by atoms with E-state index < -0.39 is 11.2 Å².